The van der Waals surface area contributed by atoms with Crippen molar-refractivity contribution in [2.75, 3.05) is 38.1 Å². The van der Waals surface area contributed by atoms with Crippen LogP contribution in [-0.4, -0.2) is 64.6 Å². The molecule has 1 saturated heterocycles. The van der Waals surface area contributed by atoms with Crippen molar-refractivity contribution >= 4 is 23.6 Å². The van der Waals surface area contributed by atoms with Crippen molar-refractivity contribution in [3.8, 4) is 0 Å². The lowest BCUT2D eigenvalue weighted by molar-refractivity contribution is 0.0570. The second-order valence-corrected chi connectivity index (χ2v) is 6.27. The fourth-order valence-electron chi connectivity index (χ4n) is 2.84. The van der Waals surface area contributed by atoms with Crippen molar-refractivity contribution in [2.24, 2.45) is 0 Å². The normalized spacial score (nSPS) is 14.0. The van der Waals surface area contributed by atoms with Gasteiger partial charge in [-0.2, -0.15) is 0 Å². The van der Waals surface area contributed by atoms with Crippen molar-refractivity contribution < 1.29 is 14.3 Å². The van der Waals surface area contributed by atoms with Gasteiger partial charge < -0.3 is 19.9 Å². The number of benzene rings is 1. The first-order valence-electron chi connectivity index (χ1n) is 8.93. The van der Waals surface area contributed by atoms with Crippen LogP contribution in [0, 0.1) is 6.92 Å². The van der Waals surface area contributed by atoms with E-state index < -0.39 is 0 Å². The van der Waals surface area contributed by atoms with Crippen LogP contribution in [0.25, 0.3) is 0 Å². The Morgan fingerprint density at radius 1 is 1.11 bits per heavy atom. The van der Waals surface area contributed by atoms with Gasteiger partial charge in [0.1, 0.15) is 0 Å². The van der Waals surface area contributed by atoms with Crippen LogP contribution in [0.1, 0.15) is 22.8 Å². The van der Waals surface area contributed by atoms with Crippen LogP contribution in [0.5, 0.6) is 0 Å². The molecule has 0 atom stereocenters. The van der Waals surface area contributed by atoms with Crippen molar-refractivity contribution in [3.63, 3.8) is 0 Å². The SMILES string of the molecule is CCOC(=O)N1CCN(C(=O)c2cnc(Nc3cccc(C)c3)nc2)CC1. The number of carbonyl (C=O) groups is 2. The third-order valence-electron chi connectivity index (χ3n) is 4.27. The zero-order chi connectivity index (χ0) is 19.2. The second-order valence-electron chi connectivity index (χ2n) is 6.27. The monoisotopic (exact) mass is 369 g/mol. The average Bonchev–Trinajstić information content (AvgIpc) is 2.68. The van der Waals surface area contributed by atoms with Crippen LogP contribution in [0.15, 0.2) is 36.7 Å². The maximum absolute atomic E-state index is 12.6. The van der Waals surface area contributed by atoms with E-state index in [1.54, 1.807) is 16.7 Å². The smallest absolute Gasteiger partial charge is 0.409 e. The number of amides is 2. The number of rotatable bonds is 4. The Hall–Kier alpha value is -3.16. The van der Waals surface area contributed by atoms with Gasteiger partial charge in [0.25, 0.3) is 5.91 Å². The molecule has 0 saturated carbocycles. The lowest BCUT2D eigenvalue weighted by atomic mass is 10.2. The van der Waals surface area contributed by atoms with E-state index in [0.717, 1.165) is 11.3 Å². The molecule has 1 aliphatic heterocycles. The average molecular weight is 369 g/mol. The molecule has 1 aromatic carbocycles. The molecule has 2 amide bonds. The minimum atomic E-state index is -0.334. The molecule has 2 heterocycles. The third kappa shape index (κ3) is 4.72. The van der Waals surface area contributed by atoms with E-state index in [-0.39, 0.29) is 12.0 Å². The number of hydrogen-bond donors (Lipinski definition) is 1. The van der Waals surface area contributed by atoms with Gasteiger partial charge in [0.2, 0.25) is 5.95 Å². The van der Waals surface area contributed by atoms with Crippen molar-refractivity contribution in [1.82, 2.24) is 19.8 Å². The standard InChI is InChI=1S/C19H23N5O3/c1-3-27-19(26)24-9-7-23(8-10-24)17(25)15-12-20-18(21-13-15)22-16-6-4-5-14(2)11-16/h4-6,11-13H,3,7-10H2,1-2H3,(H,20,21,22). The molecule has 1 N–H and O–H groups in total. The molecule has 0 radical (unpaired) electrons. The molecular weight excluding hydrogens is 346 g/mol. The van der Waals surface area contributed by atoms with E-state index >= 15 is 0 Å². The molecule has 2 aromatic rings. The number of aromatic nitrogens is 2. The zero-order valence-corrected chi connectivity index (χ0v) is 15.5. The van der Waals surface area contributed by atoms with Gasteiger partial charge in [-0.15, -0.1) is 0 Å². The van der Waals surface area contributed by atoms with Crippen molar-refractivity contribution in [2.45, 2.75) is 13.8 Å². The minimum absolute atomic E-state index is 0.138. The number of nitrogens with zero attached hydrogens (tertiary/aromatic N) is 4. The zero-order valence-electron chi connectivity index (χ0n) is 15.5. The number of nitrogens with one attached hydrogen (secondary N) is 1. The highest BCUT2D eigenvalue weighted by molar-refractivity contribution is 5.93. The van der Waals surface area contributed by atoms with Crippen molar-refractivity contribution in [3.05, 3.63) is 47.8 Å². The quantitative estimate of drug-likeness (QED) is 0.891. The molecular formula is C19H23N5O3. The summed E-state index contributed by atoms with van der Waals surface area (Å²) in [4.78, 5) is 36.1. The number of hydrogen-bond acceptors (Lipinski definition) is 6. The van der Waals surface area contributed by atoms with Crippen LogP contribution in [0.2, 0.25) is 0 Å². The Balaban J connectivity index is 1.57. The Kier molecular flexibility index (Phi) is 5.85. The van der Waals surface area contributed by atoms with Gasteiger partial charge >= 0.3 is 6.09 Å². The van der Waals surface area contributed by atoms with Gasteiger partial charge in [-0.05, 0) is 31.5 Å². The summed E-state index contributed by atoms with van der Waals surface area (Å²) >= 11 is 0. The molecule has 0 aliphatic carbocycles. The molecule has 0 spiro atoms. The molecule has 3 rings (SSSR count). The third-order valence-corrected chi connectivity index (χ3v) is 4.27. The second kappa shape index (κ2) is 8.48. The number of ether oxygens (including phenoxy) is 1. The molecule has 1 aromatic heterocycles. The predicted octanol–water partition coefficient (Wildman–Crippen LogP) is 2.44. The predicted molar refractivity (Wildman–Crippen MR) is 101 cm³/mol. The summed E-state index contributed by atoms with van der Waals surface area (Å²) in [7, 11) is 0. The van der Waals surface area contributed by atoms with Gasteiger partial charge in [0.05, 0.1) is 12.2 Å². The summed E-state index contributed by atoms with van der Waals surface area (Å²) in [6.45, 7) is 5.96. The number of carbonyl (C=O) groups excluding carboxylic acids is 2. The lowest BCUT2D eigenvalue weighted by Crippen LogP contribution is -2.50. The van der Waals surface area contributed by atoms with E-state index in [1.807, 2.05) is 31.2 Å². The highest BCUT2D eigenvalue weighted by Crippen LogP contribution is 2.15. The van der Waals surface area contributed by atoms with Crippen LogP contribution < -0.4 is 5.32 Å². The molecule has 1 aliphatic rings. The summed E-state index contributed by atoms with van der Waals surface area (Å²) in [6, 6.07) is 7.88. The molecule has 0 unspecified atom stereocenters. The Morgan fingerprint density at radius 2 is 1.78 bits per heavy atom. The Bertz CT molecular complexity index is 801. The molecule has 142 valence electrons. The highest BCUT2D eigenvalue weighted by Gasteiger charge is 2.25. The van der Waals surface area contributed by atoms with Gasteiger partial charge in [0, 0.05) is 44.3 Å². The molecule has 0 bridgehead atoms. The van der Waals surface area contributed by atoms with E-state index in [1.165, 1.54) is 12.4 Å². The maximum atomic E-state index is 12.6. The summed E-state index contributed by atoms with van der Waals surface area (Å²) in [6.07, 6.45) is 2.70. The van der Waals surface area contributed by atoms with Crippen LogP contribution in [0.4, 0.5) is 16.4 Å². The fraction of sp³-hybridized carbons (Fsp3) is 0.368. The van der Waals surface area contributed by atoms with Crippen LogP contribution in [-0.2, 0) is 4.74 Å². The topological polar surface area (TPSA) is 87.7 Å². The first-order chi connectivity index (χ1) is 13.1. The first-order valence-corrected chi connectivity index (χ1v) is 8.93. The number of piperazine rings is 1. The van der Waals surface area contributed by atoms with E-state index in [2.05, 4.69) is 15.3 Å². The van der Waals surface area contributed by atoms with E-state index in [0.29, 0.717) is 44.3 Å². The van der Waals surface area contributed by atoms with E-state index in [9.17, 15) is 9.59 Å². The Morgan fingerprint density at radius 3 is 2.41 bits per heavy atom. The summed E-state index contributed by atoms with van der Waals surface area (Å²) in [5.74, 6) is 0.296. The molecule has 8 heteroatoms. The summed E-state index contributed by atoms with van der Waals surface area (Å²) in [5, 5.41) is 3.12. The maximum Gasteiger partial charge on any atom is 0.409 e. The van der Waals surface area contributed by atoms with Gasteiger partial charge in [0.15, 0.2) is 0 Å². The lowest BCUT2D eigenvalue weighted by Gasteiger charge is -2.33. The molecule has 8 nitrogen and oxygen atoms in total. The summed E-state index contributed by atoms with van der Waals surface area (Å²) in [5.41, 5.74) is 2.45. The number of aryl methyl sites for hydroxylation is 1. The van der Waals surface area contributed by atoms with E-state index in [4.69, 9.17) is 4.74 Å². The van der Waals surface area contributed by atoms with Gasteiger partial charge in [-0.3, -0.25) is 4.79 Å². The van der Waals surface area contributed by atoms with Gasteiger partial charge in [-0.1, -0.05) is 12.1 Å². The number of anilines is 2. The molecule has 27 heavy (non-hydrogen) atoms. The highest BCUT2D eigenvalue weighted by atomic mass is 16.6. The fourth-order valence-corrected chi connectivity index (χ4v) is 2.84. The first kappa shape index (κ1) is 18.6. The largest absolute Gasteiger partial charge is 0.450 e. The summed E-state index contributed by atoms with van der Waals surface area (Å²) < 4.78 is 4.99. The van der Waals surface area contributed by atoms with Crippen LogP contribution >= 0.6 is 0 Å². The minimum Gasteiger partial charge on any atom is -0.450 e. The van der Waals surface area contributed by atoms with Crippen LogP contribution in [0.3, 0.4) is 0 Å². The van der Waals surface area contributed by atoms with Gasteiger partial charge in [-0.25, -0.2) is 14.8 Å². The van der Waals surface area contributed by atoms with Crippen molar-refractivity contribution in [1.29, 1.82) is 0 Å². The Labute approximate surface area is 158 Å². The molecule has 1 fully saturated rings.